The zero-order valence-corrected chi connectivity index (χ0v) is 12.2. The molecule has 1 amide bonds. The van der Waals surface area contributed by atoms with Crippen LogP contribution in [0, 0.1) is 5.82 Å². The molecule has 2 aromatic rings. The predicted molar refractivity (Wildman–Crippen MR) is 81.2 cm³/mol. The fourth-order valence-corrected chi connectivity index (χ4v) is 2.66. The molecule has 0 unspecified atom stereocenters. The van der Waals surface area contributed by atoms with Crippen LogP contribution in [0.15, 0.2) is 60.0 Å². The van der Waals surface area contributed by atoms with Gasteiger partial charge >= 0.3 is 0 Å². The van der Waals surface area contributed by atoms with Crippen LogP contribution in [-0.2, 0) is 9.59 Å². The third-order valence-corrected chi connectivity index (χ3v) is 3.67. The molecule has 0 spiro atoms. The highest BCUT2D eigenvalue weighted by molar-refractivity contribution is 6.15. The Kier molecular flexibility index (Phi) is 3.65. The molecule has 23 heavy (non-hydrogen) atoms. The van der Waals surface area contributed by atoms with E-state index in [-0.39, 0.29) is 5.57 Å². The van der Waals surface area contributed by atoms with E-state index in [9.17, 15) is 19.1 Å². The zero-order chi connectivity index (χ0) is 16.6. The van der Waals surface area contributed by atoms with Gasteiger partial charge in [0.2, 0.25) is 0 Å². The molecule has 0 saturated carbocycles. The largest absolute Gasteiger partial charge is 0.503 e. The van der Waals surface area contributed by atoms with E-state index < -0.39 is 29.3 Å². The fourth-order valence-electron chi connectivity index (χ4n) is 2.66. The van der Waals surface area contributed by atoms with E-state index in [1.54, 1.807) is 18.2 Å². The van der Waals surface area contributed by atoms with Gasteiger partial charge in [0.25, 0.3) is 5.91 Å². The summed E-state index contributed by atoms with van der Waals surface area (Å²) in [5.41, 5.74) is 0.493. The Morgan fingerprint density at radius 2 is 1.91 bits per heavy atom. The van der Waals surface area contributed by atoms with Gasteiger partial charge in [-0.25, -0.2) is 9.37 Å². The zero-order valence-electron chi connectivity index (χ0n) is 12.2. The Labute approximate surface area is 131 Å². The molecule has 1 N–H and O–H groups in total. The molecule has 0 aliphatic carbocycles. The number of rotatable bonds is 3. The van der Waals surface area contributed by atoms with E-state index in [4.69, 9.17) is 0 Å². The van der Waals surface area contributed by atoms with E-state index >= 15 is 0 Å². The molecule has 6 heteroatoms. The second kappa shape index (κ2) is 5.64. The van der Waals surface area contributed by atoms with Gasteiger partial charge < -0.3 is 5.11 Å². The summed E-state index contributed by atoms with van der Waals surface area (Å²) in [4.78, 5) is 29.7. The van der Waals surface area contributed by atoms with Crippen LogP contribution >= 0.6 is 0 Å². The maximum atomic E-state index is 13.2. The van der Waals surface area contributed by atoms with Gasteiger partial charge in [-0.1, -0.05) is 18.2 Å². The summed E-state index contributed by atoms with van der Waals surface area (Å²) in [7, 11) is 0. The number of nitrogens with zero attached hydrogens (tertiary/aromatic N) is 2. The van der Waals surface area contributed by atoms with Gasteiger partial charge in [0, 0.05) is 6.20 Å². The van der Waals surface area contributed by atoms with Crippen molar-refractivity contribution in [1.29, 1.82) is 0 Å². The standard InChI is InChI=1S/C17H13FN2O3/c1-10(21)14-15(11-5-7-12(18)8-6-11)20(17(23)16(14)22)13-4-2-3-9-19-13/h2-9,15,22H,1H3/t15-/m1/s1. The van der Waals surface area contributed by atoms with E-state index in [2.05, 4.69) is 4.98 Å². The van der Waals surface area contributed by atoms with Gasteiger partial charge in [-0.3, -0.25) is 14.5 Å². The average molecular weight is 312 g/mol. The highest BCUT2D eigenvalue weighted by atomic mass is 19.1. The maximum absolute atomic E-state index is 13.2. The first-order valence-corrected chi connectivity index (χ1v) is 6.95. The first kappa shape index (κ1) is 14.9. The van der Waals surface area contributed by atoms with Gasteiger partial charge in [0.15, 0.2) is 11.5 Å². The highest BCUT2D eigenvalue weighted by Gasteiger charge is 2.43. The number of halogens is 1. The van der Waals surface area contributed by atoms with Crippen LogP contribution in [-0.4, -0.2) is 21.8 Å². The monoisotopic (exact) mass is 312 g/mol. The van der Waals surface area contributed by atoms with Crippen molar-refractivity contribution in [3.8, 4) is 0 Å². The number of amides is 1. The normalized spacial score (nSPS) is 17.7. The smallest absolute Gasteiger partial charge is 0.295 e. The van der Waals surface area contributed by atoms with E-state index in [0.29, 0.717) is 11.4 Å². The lowest BCUT2D eigenvalue weighted by molar-refractivity contribution is -0.117. The van der Waals surface area contributed by atoms with E-state index in [1.165, 1.54) is 42.3 Å². The first-order valence-electron chi connectivity index (χ1n) is 6.95. The Morgan fingerprint density at radius 1 is 1.22 bits per heavy atom. The van der Waals surface area contributed by atoms with Crippen molar-refractivity contribution < 1.29 is 19.1 Å². The fraction of sp³-hybridized carbons (Fsp3) is 0.118. The van der Waals surface area contributed by atoms with Crippen LogP contribution in [0.2, 0.25) is 0 Å². The number of aromatic nitrogens is 1. The Balaban J connectivity index is 2.17. The second-order valence-corrected chi connectivity index (χ2v) is 5.14. The molecule has 3 rings (SSSR count). The van der Waals surface area contributed by atoms with Crippen molar-refractivity contribution in [2.45, 2.75) is 13.0 Å². The summed E-state index contributed by atoms with van der Waals surface area (Å²) in [6.07, 6.45) is 1.51. The van der Waals surface area contributed by atoms with Gasteiger partial charge in [0.05, 0.1) is 11.6 Å². The van der Waals surface area contributed by atoms with Crippen molar-refractivity contribution in [2.75, 3.05) is 4.90 Å². The summed E-state index contributed by atoms with van der Waals surface area (Å²) < 4.78 is 13.2. The second-order valence-electron chi connectivity index (χ2n) is 5.14. The SMILES string of the molecule is CC(=O)C1=C(O)C(=O)N(c2ccccn2)[C@@H]1c1ccc(F)cc1. The number of anilines is 1. The molecule has 1 aromatic heterocycles. The lowest BCUT2D eigenvalue weighted by Gasteiger charge is -2.25. The summed E-state index contributed by atoms with van der Waals surface area (Å²) in [5.74, 6) is -1.86. The third-order valence-electron chi connectivity index (χ3n) is 3.67. The summed E-state index contributed by atoms with van der Waals surface area (Å²) in [6, 6.07) is 9.58. The van der Waals surface area contributed by atoms with Gasteiger partial charge in [-0.05, 0) is 36.8 Å². The van der Waals surface area contributed by atoms with Crippen molar-refractivity contribution in [3.05, 3.63) is 71.4 Å². The van der Waals surface area contributed by atoms with Crippen molar-refractivity contribution >= 4 is 17.5 Å². The number of aliphatic hydroxyl groups excluding tert-OH is 1. The minimum Gasteiger partial charge on any atom is -0.503 e. The molecule has 0 radical (unpaired) electrons. The minimum atomic E-state index is -0.838. The van der Waals surface area contributed by atoms with Crippen LogP contribution in [0.25, 0.3) is 0 Å². The molecule has 0 fully saturated rings. The topological polar surface area (TPSA) is 70.5 Å². The maximum Gasteiger partial charge on any atom is 0.295 e. The van der Waals surface area contributed by atoms with Crippen molar-refractivity contribution in [3.63, 3.8) is 0 Å². The molecule has 1 atom stereocenters. The molecular weight excluding hydrogens is 299 g/mol. The number of aliphatic hydroxyl groups is 1. The third kappa shape index (κ3) is 2.48. The number of carbonyl (C=O) groups excluding carboxylic acids is 2. The summed E-state index contributed by atoms with van der Waals surface area (Å²) in [6.45, 7) is 1.28. The van der Waals surface area contributed by atoms with E-state index in [0.717, 1.165) is 0 Å². The van der Waals surface area contributed by atoms with Crippen LogP contribution < -0.4 is 4.90 Å². The molecule has 1 aliphatic heterocycles. The molecule has 5 nitrogen and oxygen atoms in total. The van der Waals surface area contributed by atoms with Gasteiger partial charge in [-0.2, -0.15) is 0 Å². The molecule has 1 aliphatic rings. The number of carbonyl (C=O) groups is 2. The van der Waals surface area contributed by atoms with Crippen molar-refractivity contribution in [1.82, 2.24) is 4.98 Å². The molecule has 1 aromatic carbocycles. The molecule has 2 heterocycles. The molecule has 0 saturated heterocycles. The number of ketones is 1. The Hall–Kier alpha value is -3.02. The van der Waals surface area contributed by atoms with Crippen LogP contribution in [0.5, 0.6) is 0 Å². The lowest BCUT2D eigenvalue weighted by atomic mass is 9.97. The Bertz CT molecular complexity index is 800. The Morgan fingerprint density at radius 3 is 2.48 bits per heavy atom. The van der Waals surface area contributed by atoms with E-state index in [1.807, 2.05) is 0 Å². The first-order chi connectivity index (χ1) is 11.0. The lowest BCUT2D eigenvalue weighted by Crippen LogP contribution is -2.31. The summed E-state index contributed by atoms with van der Waals surface area (Å²) >= 11 is 0. The number of hydrogen-bond donors (Lipinski definition) is 1. The summed E-state index contributed by atoms with van der Waals surface area (Å²) in [5, 5.41) is 10.1. The number of pyridine rings is 1. The number of hydrogen-bond acceptors (Lipinski definition) is 4. The number of benzene rings is 1. The van der Waals surface area contributed by atoms with Gasteiger partial charge in [0.1, 0.15) is 11.6 Å². The highest BCUT2D eigenvalue weighted by Crippen LogP contribution is 2.39. The number of Topliss-reactive ketones (excluding diaryl/α,β-unsaturated/α-hetero) is 1. The van der Waals surface area contributed by atoms with Crippen LogP contribution in [0.1, 0.15) is 18.5 Å². The van der Waals surface area contributed by atoms with Gasteiger partial charge in [-0.15, -0.1) is 0 Å². The minimum absolute atomic E-state index is 0.0211. The van der Waals surface area contributed by atoms with Crippen LogP contribution in [0.3, 0.4) is 0 Å². The quantitative estimate of drug-likeness (QED) is 0.946. The van der Waals surface area contributed by atoms with Crippen molar-refractivity contribution in [2.24, 2.45) is 0 Å². The molecule has 0 bridgehead atoms. The average Bonchev–Trinajstić information content (AvgIpc) is 2.81. The molecule has 116 valence electrons. The predicted octanol–water partition coefficient (Wildman–Crippen LogP) is 2.71. The van der Waals surface area contributed by atoms with Crippen LogP contribution in [0.4, 0.5) is 10.2 Å². The molecular formula is C17H13FN2O3.